The van der Waals surface area contributed by atoms with Crippen LogP contribution in [0.25, 0.3) is 0 Å². The van der Waals surface area contributed by atoms with Gasteiger partial charge in [-0.05, 0) is 26.0 Å². The van der Waals surface area contributed by atoms with E-state index >= 15 is 0 Å². The Morgan fingerprint density at radius 3 is 1.45 bits per heavy atom. The van der Waals surface area contributed by atoms with E-state index in [-0.39, 0.29) is 35.8 Å². The first-order chi connectivity index (χ1) is 9.58. The van der Waals surface area contributed by atoms with E-state index in [0.29, 0.717) is 0 Å². The minimum atomic E-state index is -0.543. The lowest BCUT2D eigenvalue weighted by atomic mass is 10.1. The van der Waals surface area contributed by atoms with Gasteiger partial charge in [0.15, 0.2) is 0 Å². The first-order valence-corrected chi connectivity index (χ1v) is 6.19. The Morgan fingerprint density at radius 2 is 1.20 bits per heavy atom. The first kappa shape index (κ1) is 15.8. The van der Waals surface area contributed by atoms with Crippen molar-refractivity contribution in [2.75, 3.05) is 27.4 Å². The zero-order valence-electron chi connectivity index (χ0n) is 12.0. The Bertz CT molecular complexity index is 449. The molecule has 0 N–H and O–H groups in total. The van der Waals surface area contributed by atoms with Crippen LogP contribution in [0, 0.1) is 0 Å². The Morgan fingerprint density at radius 1 is 0.850 bits per heavy atom. The molecule has 0 radical (unpaired) electrons. The van der Waals surface area contributed by atoms with Crippen molar-refractivity contribution in [1.29, 1.82) is 0 Å². The summed E-state index contributed by atoms with van der Waals surface area (Å²) in [5.74, 6) is -0.629. The maximum Gasteiger partial charge on any atom is 0.342 e. The van der Waals surface area contributed by atoms with Gasteiger partial charge in [0.2, 0.25) is 0 Å². The molecule has 0 aliphatic carbocycles. The highest BCUT2D eigenvalue weighted by molar-refractivity contribution is 5.98. The lowest BCUT2D eigenvalue weighted by Crippen LogP contribution is -2.11. The molecule has 110 valence electrons. The summed E-state index contributed by atoms with van der Waals surface area (Å²) in [5.41, 5.74) is 0.387. The largest absolute Gasteiger partial charge is 0.496 e. The molecule has 6 nitrogen and oxygen atoms in total. The molecule has 0 atom stereocenters. The third kappa shape index (κ3) is 3.40. The van der Waals surface area contributed by atoms with Crippen molar-refractivity contribution in [3.8, 4) is 11.5 Å². The second-order valence-corrected chi connectivity index (χ2v) is 3.69. The molecule has 0 aliphatic rings. The Kier molecular flexibility index (Phi) is 5.83. The lowest BCUT2D eigenvalue weighted by Gasteiger charge is -2.13. The molecule has 0 heterocycles. The van der Waals surface area contributed by atoms with E-state index in [1.54, 1.807) is 13.8 Å². The van der Waals surface area contributed by atoms with Crippen LogP contribution in [0.4, 0.5) is 0 Å². The van der Waals surface area contributed by atoms with Gasteiger partial charge < -0.3 is 18.9 Å². The number of benzene rings is 1. The van der Waals surface area contributed by atoms with E-state index in [2.05, 4.69) is 0 Å². The molecule has 6 heteroatoms. The number of hydrogen-bond acceptors (Lipinski definition) is 6. The summed E-state index contributed by atoms with van der Waals surface area (Å²) in [6, 6.07) is 2.81. The zero-order valence-corrected chi connectivity index (χ0v) is 12.0. The molecule has 1 aromatic rings. The molecular formula is C14H18O6. The van der Waals surface area contributed by atoms with Gasteiger partial charge in [-0.25, -0.2) is 9.59 Å². The van der Waals surface area contributed by atoms with Gasteiger partial charge in [-0.3, -0.25) is 0 Å². The van der Waals surface area contributed by atoms with E-state index in [9.17, 15) is 9.59 Å². The van der Waals surface area contributed by atoms with Crippen LogP contribution in [0.1, 0.15) is 34.6 Å². The minimum Gasteiger partial charge on any atom is -0.496 e. The van der Waals surface area contributed by atoms with Gasteiger partial charge >= 0.3 is 11.9 Å². The summed E-state index contributed by atoms with van der Waals surface area (Å²) in [6.45, 7) is 3.89. The highest BCUT2D eigenvalue weighted by Crippen LogP contribution is 2.30. The second-order valence-electron chi connectivity index (χ2n) is 3.69. The monoisotopic (exact) mass is 282 g/mol. The number of carbonyl (C=O) groups excluding carboxylic acids is 2. The Balaban J connectivity index is 3.30. The van der Waals surface area contributed by atoms with Gasteiger partial charge in [0.25, 0.3) is 0 Å². The molecule has 1 rings (SSSR count). The quantitative estimate of drug-likeness (QED) is 0.744. The third-order valence-corrected chi connectivity index (χ3v) is 2.51. The molecular weight excluding hydrogens is 264 g/mol. The summed E-state index contributed by atoms with van der Waals surface area (Å²) < 4.78 is 20.1. The predicted molar refractivity (Wildman–Crippen MR) is 71.5 cm³/mol. The van der Waals surface area contributed by atoms with Gasteiger partial charge in [-0.2, -0.15) is 0 Å². The fourth-order valence-corrected chi connectivity index (χ4v) is 1.63. The van der Waals surface area contributed by atoms with E-state index in [1.165, 1.54) is 26.4 Å². The highest BCUT2D eigenvalue weighted by atomic mass is 16.5. The van der Waals surface area contributed by atoms with E-state index in [4.69, 9.17) is 18.9 Å². The number of esters is 2. The van der Waals surface area contributed by atoms with Gasteiger partial charge in [-0.1, -0.05) is 0 Å². The van der Waals surface area contributed by atoms with Crippen molar-refractivity contribution in [3.63, 3.8) is 0 Å². The van der Waals surface area contributed by atoms with Gasteiger partial charge in [-0.15, -0.1) is 0 Å². The van der Waals surface area contributed by atoms with Crippen molar-refractivity contribution in [2.24, 2.45) is 0 Å². The Labute approximate surface area is 117 Å². The van der Waals surface area contributed by atoms with Gasteiger partial charge in [0, 0.05) is 0 Å². The smallest absolute Gasteiger partial charge is 0.342 e. The second kappa shape index (κ2) is 7.37. The van der Waals surface area contributed by atoms with Crippen LogP contribution in [-0.4, -0.2) is 39.4 Å². The molecule has 0 saturated heterocycles. The molecule has 0 aromatic heterocycles. The van der Waals surface area contributed by atoms with Crippen molar-refractivity contribution < 1.29 is 28.5 Å². The van der Waals surface area contributed by atoms with Crippen LogP contribution in [0.2, 0.25) is 0 Å². The summed E-state index contributed by atoms with van der Waals surface area (Å²) in [6.07, 6.45) is 0. The molecule has 0 aliphatic heterocycles. The molecule has 0 spiro atoms. The van der Waals surface area contributed by atoms with Crippen molar-refractivity contribution in [1.82, 2.24) is 0 Å². The van der Waals surface area contributed by atoms with Crippen LogP contribution in [-0.2, 0) is 9.47 Å². The molecule has 0 unspecified atom stereocenters. The maximum atomic E-state index is 11.8. The normalized spacial score (nSPS) is 9.80. The van der Waals surface area contributed by atoms with E-state index in [0.717, 1.165) is 0 Å². The summed E-state index contributed by atoms with van der Waals surface area (Å²) in [4.78, 5) is 23.7. The lowest BCUT2D eigenvalue weighted by molar-refractivity contribution is 0.0505. The van der Waals surface area contributed by atoms with Crippen LogP contribution >= 0.6 is 0 Å². The third-order valence-electron chi connectivity index (χ3n) is 2.51. The first-order valence-electron chi connectivity index (χ1n) is 6.19. The molecule has 0 saturated carbocycles. The molecule has 1 aromatic carbocycles. The van der Waals surface area contributed by atoms with Crippen LogP contribution in [0.5, 0.6) is 11.5 Å². The number of hydrogen-bond donors (Lipinski definition) is 0. The molecule has 0 bridgehead atoms. The molecule has 0 fully saturated rings. The van der Waals surface area contributed by atoms with Gasteiger partial charge in [0.1, 0.15) is 22.6 Å². The van der Waals surface area contributed by atoms with Crippen LogP contribution < -0.4 is 9.47 Å². The molecule has 20 heavy (non-hydrogen) atoms. The van der Waals surface area contributed by atoms with E-state index < -0.39 is 11.9 Å². The fraction of sp³-hybridized carbons (Fsp3) is 0.429. The van der Waals surface area contributed by atoms with Gasteiger partial charge in [0.05, 0.1) is 27.4 Å². The number of carbonyl (C=O) groups is 2. The predicted octanol–water partition coefficient (Wildman–Crippen LogP) is 2.06. The SMILES string of the molecule is CCOC(=O)c1cc(OC)c(C(=O)OCC)cc1OC. The summed E-state index contributed by atoms with van der Waals surface area (Å²) in [5, 5.41) is 0. The molecule has 0 amide bonds. The minimum absolute atomic E-state index is 0.194. The maximum absolute atomic E-state index is 11.8. The van der Waals surface area contributed by atoms with Crippen LogP contribution in [0.15, 0.2) is 12.1 Å². The van der Waals surface area contributed by atoms with Crippen molar-refractivity contribution in [2.45, 2.75) is 13.8 Å². The fourth-order valence-electron chi connectivity index (χ4n) is 1.63. The average molecular weight is 282 g/mol. The standard InChI is InChI=1S/C14H18O6/c1-5-19-13(15)9-7-12(18-4)10(8-11(9)17-3)14(16)20-6-2/h7-8H,5-6H2,1-4H3. The summed E-state index contributed by atoms with van der Waals surface area (Å²) in [7, 11) is 2.80. The number of rotatable bonds is 6. The average Bonchev–Trinajstić information content (AvgIpc) is 2.46. The van der Waals surface area contributed by atoms with E-state index in [1.807, 2.05) is 0 Å². The van der Waals surface area contributed by atoms with Crippen LogP contribution in [0.3, 0.4) is 0 Å². The zero-order chi connectivity index (χ0) is 15.1. The topological polar surface area (TPSA) is 71.1 Å². The number of ether oxygens (including phenoxy) is 4. The summed E-state index contributed by atoms with van der Waals surface area (Å²) >= 11 is 0. The van der Waals surface area contributed by atoms with Crippen molar-refractivity contribution in [3.05, 3.63) is 23.3 Å². The Hall–Kier alpha value is -2.24. The van der Waals surface area contributed by atoms with Crippen molar-refractivity contribution >= 4 is 11.9 Å². The highest BCUT2D eigenvalue weighted by Gasteiger charge is 2.22. The number of methoxy groups -OCH3 is 2.